The first-order valence-corrected chi connectivity index (χ1v) is 13.1. The average Bonchev–Trinajstić information content (AvgIpc) is 2.92. The molecule has 4 rings (SSSR count). The van der Waals surface area contributed by atoms with E-state index < -0.39 is 29.8 Å². The van der Waals surface area contributed by atoms with Gasteiger partial charge in [0.2, 0.25) is 11.6 Å². The summed E-state index contributed by atoms with van der Waals surface area (Å²) < 4.78 is 17.2. The number of ether oxygens (including phenoxy) is 3. The van der Waals surface area contributed by atoms with Crippen LogP contribution < -0.4 is 21.5 Å². The van der Waals surface area contributed by atoms with Crippen molar-refractivity contribution < 1.29 is 19.0 Å². The Morgan fingerprint density at radius 1 is 1.15 bits per heavy atom. The molecule has 2 aromatic heterocycles. The van der Waals surface area contributed by atoms with Crippen molar-refractivity contribution in [1.82, 2.24) is 24.5 Å². The molecule has 0 spiro atoms. The van der Waals surface area contributed by atoms with Crippen LogP contribution in [0.15, 0.2) is 32.6 Å². The molecule has 0 bridgehead atoms. The number of halogens is 2. The van der Waals surface area contributed by atoms with E-state index in [1.54, 1.807) is 6.07 Å². The van der Waals surface area contributed by atoms with E-state index in [0.29, 0.717) is 27.7 Å². The van der Waals surface area contributed by atoms with Gasteiger partial charge in [0.1, 0.15) is 12.2 Å². The van der Waals surface area contributed by atoms with Crippen LogP contribution in [0.1, 0.15) is 63.1 Å². The zero-order valence-electron chi connectivity index (χ0n) is 21.5. The van der Waals surface area contributed by atoms with E-state index in [4.69, 9.17) is 37.4 Å². The highest BCUT2D eigenvalue weighted by molar-refractivity contribution is 6.37. The minimum Gasteiger partial charge on any atom is -0.434 e. The Kier molecular flexibility index (Phi) is 8.91. The first-order valence-electron chi connectivity index (χ1n) is 12.3. The molecule has 13 nitrogen and oxygen atoms in total. The number of nitriles is 1. The van der Waals surface area contributed by atoms with Crippen LogP contribution in [0.2, 0.25) is 10.0 Å². The third-order valence-corrected chi connectivity index (χ3v) is 6.72. The van der Waals surface area contributed by atoms with Crippen molar-refractivity contribution in [3.8, 4) is 23.4 Å². The summed E-state index contributed by atoms with van der Waals surface area (Å²) in [4.78, 5) is 49.9. The lowest BCUT2D eigenvalue weighted by Gasteiger charge is -2.21. The molecule has 1 aliphatic rings. The van der Waals surface area contributed by atoms with Gasteiger partial charge in [-0.1, -0.05) is 43.5 Å². The Hall–Kier alpha value is -4.15. The van der Waals surface area contributed by atoms with Crippen molar-refractivity contribution in [2.75, 3.05) is 0 Å². The number of nitrogens with one attached hydrogen (secondary N) is 1. The monoisotopic (exact) mass is 590 g/mol. The molecule has 1 aliphatic carbocycles. The van der Waals surface area contributed by atoms with E-state index in [0.717, 1.165) is 19.3 Å². The van der Waals surface area contributed by atoms with E-state index in [1.165, 1.54) is 18.2 Å². The molecule has 1 aromatic carbocycles. The number of benzene rings is 1. The van der Waals surface area contributed by atoms with Crippen LogP contribution in [0, 0.1) is 11.3 Å². The maximum absolute atomic E-state index is 13.2. The van der Waals surface area contributed by atoms with Gasteiger partial charge in [-0.2, -0.15) is 9.94 Å². The molecule has 1 N–H and O–H groups in total. The highest BCUT2D eigenvalue weighted by atomic mass is 35.5. The summed E-state index contributed by atoms with van der Waals surface area (Å²) in [5.41, 5.74) is -2.68. The quantitative estimate of drug-likeness (QED) is 0.396. The van der Waals surface area contributed by atoms with E-state index >= 15 is 0 Å². The largest absolute Gasteiger partial charge is 0.510 e. The Morgan fingerprint density at radius 3 is 2.45 bits per heavy atom. The predicted octanol–water partition coefficient (Wildman–Crippen LogP) is 4.02. The fourth-order valence-electron chi connectivity index (χ4n) is 4.09. The van der Waals surface area contributed by atoms with Gasteiger partial charge in [0.05, 0.1) is 15.7 Å². The van der Waals surface area contributed by atoms with Crippen molar-refractivity contribution in [1.29, 1.82) is 5.26 Å². The van der Waals surface area contributed by atoms with Crippen LogP contribution in [0.5, 0.6) is 11.6 Å². The lowest BCUT2D eigenvalue weighted by Crippen LogP contribution is -2.43. The summed E-state index contributed by atoms with van der Waals surface area (Å²) in [6.07, 6.45) is 2.98. The van der Waals surface area contributed by atoms with Gasteiger partial charge in [-0.05, 0) is 43.7 Å². The number of rotatable bonds is 7. The van der Waals surface area contributed by atoms with Crippen molar-refractivity contribution >= 4 is 29.4 Å². The van der Waals surface area contributed by atoms with Gasteiger partial charge in [0.15, 0.2) is 12.5 Å². The summed E-state index contributed by atoms with van der Waals surface area (Å²) >= 11 is 12.8. The first-order chi connectivity index (χ1) is 19.1. The van der Waals surface area contributed by atoms with Gasteiger partial charge < -0.3 is 14.2 Å². The first kappa shape index (κ1) is 28.8. The molecule has 0 aliphatic heterocycles. The Labute approximate surface area is 236 Å². The number of H-pyrrole nitrogens is 1. The second kappa shape index (κ2) is 12.4. The number of aromatic nitrogens is 5. The number of hydrogen-bond donors (Lipinski definition) is 1. The fraction of sp³-hybridized carbons (Fsp3) is 0.400. The standard InChI is InChI=1S/C25H24Cl2N6O7/c1-13(2)16-10-20(29-30-22(16)34)40-21-17(26)8-14(9-18(21)27)33-24(36)32(23(35)19(11-28)31-33)12-38-25(37)39-15-6-4-3-5-7-15/h8-10,13,15H,3-7,12H2,1-2H3,(H,30,34). The minimum absolute atomic E-state index is 0.0142. The summed E-state index contributed by atoms with van der Waals surface area (Å²) in [5.74, 6) is -0.117. The molecule has 15 heteroatoms. The van der Waals surface area contributed by atoms with Crippen LogP contribution in [-0.2, 0) is 16.2 Å². The van der Waals surface area contributed by atoms with Crippen LogP contribution >= 0.6 is 23.2 Å². The van der Waals surface area contributed by atoms with Gasteiger partial charge in [-0.15, -0.1) is 10.2 Å². The SMILES string of the molecule is CC(C)c1cc(Oc2c(Cl)cc(-n3nc(C#N)c(=O)n(COC(=O)OC4CCCCC4)c3=O)cc2Cl)n[nH]c1=O. The van der Waals surface area contributed by atoms with Crippen molar-refractivity contribution in [3.05, 3.63) is 70.7 Å². The van der Waals surface area contributed by atoms with Crippen LogP contribution in [-0.4, -0.2) is 36.8 Å². The smallest absolute Gasteiger partial charge is 0.434 e. The normalized spacial score (nSPS) is 13.6. The maximum Gasteiger partial charge on any atom is 0.510 e. The highest BCUT2D eigenvalue weighted by Gasteiger charge is 2.22. The van der Waals surface area contributed by atoms with Crippen LogP contribution in [0.25, 0.3) is 5.69 Å². The van der Waals surface area contributed by atoms with Crippen molar-refractivity contribution in [3.63, 3.8) is 0 Å². The number of aromatic amines is 1. The van der Waals surface area contributed by atoms with E-state index in [-0.39, 0.29) is 44.9 Å². The van der Waals surface area contributed by atoms with Crippen LogP contribution in [0.4, 0.5) is 4.79 Å². The molecule has 40 heavy (non-hydrogen) atoms. The molecule has 0 radical (unpaired) electrons. The Bertz CT molecular complexity index is 1630. The summed E-state index contributed by atoms with van der Waals surface area (Å²) in [7, 11) is 0. The summed E-state index contributed by atoms with van der Waals surface area (Å²) in [6.45, 7) is 2.85. The van der Waals surface area contributed by atoms with E-state index in [2.05, 4.69) is 15.3 Å². The number of hydrogen-bond acceptors (Lipinski definition) is 10. The van der Waals surface area contributed by atoms with E-state index in [9.17, 15) is 24.4 Å². The third kappa shape index (κ3) is 6.35. The van der Waals surface area contributed by atoms with Crippen molar-refractivity contribution in [2.24, 2.45) is 0 Å². The minimum atomic E-state index is -1.06. The number of carbonyl (C=O) groups excluding carboxylic acids is 1. The molecular formula is C25H24Cl2N6O7. The molecule has 3 aromatic rings. The molecule has 2 heterocycles. The Morgan fingerprint density at radius 2 is 1.82 bits per heavy atom. The van der Waals surface area contributed by atoms with Gasteiger partial charge in [0, 0.05) is 11.6 Å². The zero-order chi connectivity index (χ0) is 29.0. The lowest BCUT2D eigenvalue weighted by atomic mass is 9.98. The second-order valence-electron chi connectivity index (χ2n) is 9.28. The molecule has 0 amide bonds. The van der Waals surface area contributed by atoms with Gasteiger partial charge in [-0.25, -0.2) is 19.3 Å². The molecular weight excluding hydrogens is 567 g/mol. The summed E-state index contributed by atoms with van der Waals surface area (Å²) in [6, 6.07) is 5.59. The predicted molar refractivity (Wildman–Crippen MR) is 142 cm³/mol. The summed E-state index contributed by atoms with van der Waals surface area (Å²) in [5, 5.41) is 19.3. The molecule has 0 atom stereocenters. The van der Waals surface area contributed by atoms with Gasteiger partial charge in [0.25, 0.3) is 11.1 Å². The second-order valence-corrected chi connectivity index (χ2v) is 10.1. The number of nitrogens with zero attached hydrogens (tertiary/aromatic N) is 5. The lowest BCUT2D eigenvalue weighted by molar-refractivity contribution is -0.00526. The third-order valence-electron chi connectivity index (χ3n) is 6.16. The van der Waals surface area contributed by atoms with Gasteiger partial charge in [-0.3, -0.25) is 9.59 Å². The Balaban J connectivity index is 1.63. The maximum atomic E-state index is 13.2. The molecule has 210 valence electrons. The highest BCUT2D eigenvalue weighted by Crippen LogP contribution is 2.37. The number of carbonyl (C=O) groups is 1. The fourth-order valence-corrected chi connectivity index (χ4v) is 4.64. The topological polar surface area (TPSA) is 171 Å². The van der Waals surface area contributed by atoms with Crippen LogP contribution in [0.3, 0.4) is 0 Å². The molecule has 1 fully saturated rings. The van der Waals surface area contributed by atoms with Crippen molar-refractivity contribution in [2.45, 2.75) is 64.7 Å². The van der Waals surface area contributed by atoms with E-state index in [1.807, 2.05) is 13.8 Å². The molecule has 1 saturated carbocycles. The zero-order valence-corrected chi connectivity index (χ0v) is 23.0. The average molecular weight is 591 g/mol. The molecule has 0 unspecified atom stereocenters. The molecule has 0 saturated heterocycles. The van der Waals surface area contributed by atoms with Gasteiger partial charge >= 0.3 is 11.8 Å².